The van der Waals surface area contributed by atoms with E-state index in [0.717, 1.165) is 36.3 Å². The number of halogens is 3. The molecular weight excluding hydrogens is 299 g/mol. The van der Waals surface area contributed by atoms with Crippen molar-refractivity contribution in [1.82, 2.24) is 5.32 Å². The number of alkyl halides is 3. The largest absolute Gasteiger partial charge is 0.573 e. The highest BCUT2D eigenvalue weighted by Gasteiger charge is 2.32. The topological polar surface area (TPSA) is 21.3 Å². The maximum absolute atomic E-state index is 12.4. The first kappa shape index (κ1) is 16.5. The van der Waals surface area contributed by atoms with Gasteiger partial charge in [-0.05, 0) is 42.6 Å². The summed E-state index contributed by atoms with van der Waals surface area (Å²) >= 11 is 1.83. The minimum Gasteiger partial charge on any atom is -0.406 e. The van der Waals surface area contributed by atoms with Crippen LogP contribution in [0.5, 0.6) is 5.75 Å². The van der Waals surface area contributed by atoms with Gasteiger partial charge in [-0.2, -0.15) is 11.8 Å². The van der Waals surface area contributed by atoms with Crippen LogP contribution in [0, 0.1) is 0 Å². The van der Waals surface area contributed by atoms with Crippen molar-refractivity contribution >= 4 is 11.8 Å². The zero-order valence-electron chi connectivity index (χ0n) is 12.2. The SMILES string of the molecule is CCCNC1CC(C)SCc2ccc(OC(F)(F)F)cc21. The molecule has 0 aliphatic carbocycles. The Morgan fingerprint density at radius 3 is 2.81 bits per heavy atom. The van der Waals surface area contributed by atoms with E-state index in [1.54, 1.807) is 6.07 Å². The van der Waals surface area contributed by atoms with Gasteiger partial charge in [0.2, 0.25) is 0 Å². The van der Waals surface area contributed by atoms with Crippen molar-refractivity contribution in [2.45, 2.75) is 50.1 Å². The van der Waals surface area contributed by atoms with Gasteiger partial charge in [0.15, 0.2) is 0 Å². The smallest absolute Gasteiger partial charge is 0.406 e. The van der Waals surface area contributed by atoms with E-state index in [2.05, 4.69) is 23.9 Å². The van der Waals surface area contributed by atoms with Crippen molar-refractivity contribution in [3.63, 3.8) is 0 Å². The fraction of sp³-hybridized carbons (Fsp3) is 0.600. The van der Waals surface area contributed by atoms with Gasteiger partial charge in [0.05, 0.1) is 0 Å². The number of hydrogen-bond acceptors (Lipinski definition) is 3. The molecule has 1 aliphatic rings. The van der Waals surface area contributed by atoms with Crippen molar-refractivity contribution in [3.8, 4) is 5.75 Å². The van der Waals surface area contributed by atoms with E-state index in [4.69, 9.17) is 0 Å². The molecule has 0 saturated carbocycles. The predicted molar refractivity (Wildman–Crippen MR) is 79.5 cm³/mol. The van der Waals surface area contributed by atoms with Crippen LogP contribution in [0.15, 0.2) is 18.2 Å². The van der Waals surface area contributed by atoms with Gasteiger partial charge < -0.3 is 10.1 Å². The van der Waals surface area contributed by atoms with E-state index in [1.807, 2.05) is 11.8 Å². The number of thioether (sulfide) groups is 1. The summed E-state index contributed by atoms with van der Waals surface area (Å²) in [7, 11) is 0. The van der Waals surface area contributed by atoms with Crippen molar-refractivity contribution in [2.75, 3.05) is 6.54 Å². The number of rotatable bonds is 4. The maximum Gasteiger partial charge on any atom is 0.573 e. The van der Waals surface area contributed by atoms with E-state index in [9.17, 15) is 13.2 Å². The molecular formula is C15H20F3NOS. The number of fused-ring (bicyclic) bond motifs is 1. The lowest BCUT2D eigenvalue weighted by molar-refractivity contribution is -0.274. The molecule has 1 aromatic rings. The summed E-state index contributed by atoms with van der Waals surface area (Å²) in [5.74, 6) is 0.691. The lowest BCUT2D eigenvalue weighted by Gasteiger charge is -2.21. The molecule has 2 nitrogen and oxygen atoms in total. The molecule has 21 heavy (non-hydrogen) atoms. The molecule has 118 valence electrons. The Morgan fingerprint density at radius 2 is 2.14 bits per heavy atom. The van der Waals surface area contributed by atoms with E-state index < -0.39 is 6.36 Å². The lowest BCUT2D eigenvalue weighted by Crippen LogP contribution is -2.24. The Labute approximate surface area is 127 Å². The van der Waals surface area contributed by atoms with Gasteiger partial charge in [-0.15, -0.1) is 13.2 Å². The van der Waals surface area contributed by atoms with Crippen molar-refractivity contribution in [2.24, 2.45) is 0 Å². The molecule has 0 spiro atoms. The summed E-state index contributed by atoms with van der Waals surface area (Å²) in [6, 6.07) is 4.78. The first-order valence-corrected chi connectivity index (χ1v) is 8.17. The van der Waals surface area contributed by atoms with Crippen LogP contribution in [0.3, 0.4) is 0 Å². The summed E-state index contributed by atoms with van der Waals surface area (Å²) in [4.78, 5) is 0. The van der Waals surface area contributed by atoms with Gasteiger partial charge in [-0.3, -0.25) is 0 Å². The maximum atomic E-state index is 12.4. The second kappa shape index (κ2) is 6.92. The van der Waals surface area contributed by atoms with Gasteiger partial charge in [0, 0.05) is 17.0 Å². The van der Waals surface area contributed by atoms with Gasteiger partial charge in [-0.25, -0.2) is 0 Å². The van der Waals surface area contributed by atoms with E-state index in [-0.39, 0.29) is 11.8 Å². The number of benzene rings is 1. The molecule has 0 bridgehead atoms. The third kappa shape index (κ3) is 4.81. The highest BCUT2D eigenvalue weighted by Crippen LogP contribution is 2.37. The van der Waals surface area contributed by atoms with Crippen molar-refractivity contribution < 1.29 is 17.9 Å². The first-order valence-electron chi connectivity index (χ1n) is 7.12. The van der Waals surface area contributed by atoms with Crippen LogP contribution >= 0.6 is 11.8 Å². The number of hydrogen-bond donors (Lipinski definition) is 1. The predicted octanol–water partition coefficient (Wildman–Crippen LogP) is 4.65. The average molecular weight is 319 g/mol. The molecule has 2 rings (SSSR count). The Morgan fingerprint density at radius 1 is 1.38 bits per heavy atom. The minimum absolute atomic E-state index is 0.0849. The molecule has 0 saturated heterocycles. The zero-order valence-corrected chi connectivity index (χ0v) is 13.0. The van der Waals surface area contributed by atoms with E-state index in [1.165, 1.54) is 12.1 Å². The summed E-state index contributed by atoms with van der Waals surface area (Å²) in [6.07, 6.45) is -2.74. The van der Waals surface area contributed by atoms with Crippen LogP contribution < -0.4 is 10.1 Å². The van der Waals surface area contributed by atoms with Crippen LogP contribution in [-0.2, 0) is 5.75 Å². The Kier molecular flexibility index (Phi) is 5.43. The number of ether oxygens (including phenoxy) is 1. The second-order valence-electron chi connectivity index (χ2n) is 5.27. The number of nitrogens with one attached hydrogen (secondary N) is 1. The third-order valence-corrected chi connectivity index (χ3v) is 4.70. The van der Waals surface area contributed by atoms with Gasteiger partial charge in [0.1, 0.15) is 5.75 Å². The summed E-state index contributed by atoms with van der Waals surface area (Å²) < 4.78 is 41.2. The second-order valence-corrected chi connectivity index (χ2v) is 6.70. The molecule has 1 aliphatic heterocycles. The highest BCUT2D eigenvalue weighted by molar-refractivity contribution is 7.99. The molecule has 0 aromatic heterocycles. The van der Waals surface area contributed by atoms with Gasteiger partial charge >= 0.3 is 6.36 Å². The molecule has 1 heterocycles. The fourth-order valence-corrected chi connectivity index (χ4v) is 3.55. The molecule has 6 heteroatoms. The molecule has 2 atom stereocenters. The molecule has 0 radical (unpaired) electrons. The Balaban J connectivity index is 2.27. The molecule has 0 fully saturated rings. The summed E-state index contributed by atoms with van der Waals surface area (Å²) in [5.41, 5.74) is 2.02. The van der Waals surface area contributed by atoms with Crippen LogP contribution in [0.4, 0.5) is 13.2 Å². The van der Waals surface area contributed by atoms with Crippen LogP contribution in [-0.4, -0.2) is 18.2 Å². The standard InChI is InChI=1S/C15H20F3NOS/c1-3-6-19-14-7-10(2)21-9-11-4-5-12(8-13(11)14)20-15(16,17)18/h4-5,8,10,14,19H,3,6-7,9H2,1-2H3. The van der Waals surface area contributed by atoms with Crippen molar-refractivity contribution in [1.29, 1.82) is 0 Å². The Bertz CT molecular complexity index is 478. The van der Waals surface area contributed by atoms with Crippen LogP contribution in [0.2, 0.25) is 0 Å². The minimum atomic E-state index is -4.65. The third-order valence-electron chi connectivity index (χ3n) is 3.46. The summed E-state index contributed by atoms with van der Waals surface area (Å²) in [5, 5.41) is 3.91. The quantitative estimate of drug-likeness (QED) is 0.873. The fourth-order valence-electron chi connectivity index (χ4n) is 2.50. The highest BCUT2D eigenvalue weighted by atomic mass is 32.2. The summed E-state index contributed by atoms with van der Waals surface area (Å²) in [6.45, 7) is 5.09. The van der Waals surface area contributed by atoms with E-state index >= 15 is 0 Å². The lowest BCUT2D eigenvalue weighted by atomic mass is 9.97. The van der Waals surface area contributed by atoms with Gasteiger partial charge in [-0.1, -0.05) is 19.9 Å². The average Bonchev–Trinajstić information content (AvgIpc) is 2.54. The van der Waals surface area contributed by atoms with Crippen LogP contribution in [0.1, 0.15) is 43.9 Å². The molecule has 1 N–H and O–H groups in total. The van der Waals surface area contributed by atoms with Crippen molar-refractivity contribution in [3.05, 3.63) is 29.3 Å². The molecule has 1 aromatic carbocycles. The zero-order chi connectivity index (χ0) is 15.5. The Hall–Kier alpha value is -0.880. The first-order chi connectivity index (χ1) is 9.89. The molecule has 0 amide bonds. The monoisotopic (exact) mass is 319 g/mol. The van der Waals surface area contributed by atoms with E-state index in [0.29, 0.717) is 5.25 Å². The van der Waals surface area contributed by atoms with Gasteiger partial charge in [0.25, 0.3) is 0 Å². The normalized spacial score (nSPS) is 22.5. The molecule has 2 unspecified atom stereocenters. The van der Waals surface area contributed by atoms with Crippen LogP contribution in [0.25, 0.3) is 0 Å².